The molecule has 1 aromatic heterocycles. The Bertz CT molecular complexity index is 757. The van der Waals surface area contributed by atoms with Gasteiger partial charge in [-0.3, -0.25) is 10.1 Å². The van der Waals surface area contributed by atoms with Crippen LogP contribution in [0.3, 0.4) is 0 Å². The third-order valence-corrected chi connectivity index (χ3v) is 4.35. The van der Waals surface area contributed by atoms with Crippen LogP contribution in [0.5, 0.6) is 0 Å². The fourth-order valence-corrected chi connectivity index (χ4v) is 3.00. The zero-order chi connectivity index (χ0) is 17.5. The highest BCUT2D eigenvalue weighted by atomic mass is 19.3. The van der Waals surface area contributed by atoms with Crippen LogP contribution in [0.1, 0.15) is 64.5 Å². The lowest BCUT2D eigenvalue weighted by Gasteiger charge is -2.29. The Hall–Kier alpha value is -1.98. The van der Waals surface area contributed by atoms with Crippen molar-refractivity contribution in [1.82, 2.24) is 9.55 Å². The average Bonchev–Trinajstić information content (AvgIpc) is 2.72. The number of alkyl halides is 2. The number of nitrogens with zero attached hydrogens (tertiary/aromatic N) is 2. The van der Waals surface area contributed by atoms with Gasteiger partial charge in [0, 0.05) is 18.0 Å². The largest absolute Gasteiger partial charge is 0.307 e. The van der Waals surface area contributed by atoms with Gasteiger partial charge in [0.05, 0.1) is 11.0 Å². The van der Waals surface area contributed by atoms with Gasteiger partial charge in [0.2, 0.25) is 11.9 Å². The molecule has 24 heavy (non-hydrogen) atoms. The second-order valence-corrected chi connectivity index (χ2v) is 7.72. The molecule has 1 saturated carbocycles. The van der Waals surface area contributed by atoms with Crippen LogP contribution < -0.4 is 5.32 Å². The SMILES string of the molecule is CC(C)(C)CC(=O)Nc1nc2ccc(C(F)F)cc2n1C1CCC1. The number of anilines is 1. The molecule has 130 valence electrons. The maximum atomic E-state index is 13.0. The third-order valence-electron chi connectivity index (χ3n) is 4.35. The molecule has 0 atom stereocenters. The quantitative estimate of drug-likeness (QED) is 0.847. The summed E-state index contributed by atoms with van der Waals surface area (Å²) in [6.45, 7) is 5.99. The van der Waals surface area contributed by atoms with Crippen LogP contribution in [0.25, 0.3) is 11.0 Å². The molecule has 4 nitrogen and oxygen atoms in total. The van der Waals surface area contributed by atoms with Crippen molar-refractivity contribution in [1.29, 1.82) is 0 Å². The number of rotatable bonds is 4. The van der Waals surface area contributed by atoms with E-state index in [9.17, 15) is 13.6 Å². The molecule has 1 aliphatic rings. The third kappa shape index (κ3) is 3.42. The van der Waals surface area contributed by atoms with Crippen molar-refractivity contribution in [3.05, 3.63) is 23.8 Å². The van der Waals surface area contributed by atoms with E-state index in [-0.39, 0.29) is 22.9 Å². The molecular weight excluding hydrogens is 312 g/mol. The van der Waals surface area contributed by atoms with Crippen LogP contribution >= 0.6 is 0 Å². The first-order chi connectivity index (χ1) is 11.2. The molecule has 2 aromatic rings. The van der Waals surface area contributed by atoms with E-state index in [2.05, 4.69) is 10.3 Å². The number of aromatic nitrogens is 2. The topological polar surface area (TPSA) is 46.9 Å². The van der Waals surface area contributed by atoms with E-state index in [0.717, 1.165) is 19.3 Å². The number of fused-ring (bicyclic) bond motifs is 1. The van der Waals surface area contributed by atoms with Crippen LogP contribution in [0.4, 0.5) is 14.7 Å². The van der Waals surface area contributed by atoms with Crippen molar-refractivity contribution in [2.24, 2.45) is 5.41 Å². The molecule has 1 N–H and O–H groups in total. The van der Waals surface area contributed by atoms with E-state index in [1.165, 1.54) is 12.1 Å². The molecular formula is C18H23F2N3O. The van der Waals surface area contributed by atoms with Gasteiger partial charge in [-0.05, 0) is 36.8 Å². The molecule has 1 aromatic carbocycles. The number of amides is 1. The van der Waals surface area contributed by atoms with E-state index in [1.54, 1.807) is 6.07 Å². The first-order valence-electron chi connectivity index (χ1n) is 8.34. The lowest BCUT2D eigenvalue weighted by Crippen LogP contribution is -2.24. The van der Waals surface area contributed by atoms with E-state index in [4.69, 9.17) is 0 Å². The van der Waals surface area contributed by atoms with Gasteiger partial charge in [-0.2, -0.15) is 0 Å². The Morgan fingerprint density at radius 3 is 2.62 bits per heavy atom. The van der Waals surface area contributed by atoms with Crippen LogP contribution in [0.15, 0.2) is 18.2 Å². The van der Waals surface area contributed by atoms with Gasteiger partial charge in [-0.1, -0.05) is 26.8 Å². The zero-order valence-electron chi connectivity index (χ0n) is 14.3. The first kappa shape index (κ1) is 16.9. The minimum atomic E-state index is -2.52. The summed E-state index contributed by atoms with van der Waals surface area (Å²) >= 11 is 0. The second-order valence-electron chi connectivity index (χ2n) is 7.72. The molecule has 0 unspecified atom stereocenters. The predicted molar refractivity (Wildman–Crippen MR) is 90.3 cm³/mol. The summed E-state index contributed by atoms with van der Waals surface area (Å²) in [5.41, 5.74) is 1.16. The van der Waals surface area contributed by atoms with Gasteiger partial charge < -0.3 is 4.57 Å². The smallest absolute Gasteiger partial charge is 0.263 e. The number of nitrogens with one attached hydrogen (secondary N) is 1. The maximum Gasteiger partial charge on any atom is 0.263 e. The number of imidazole rings is 1. The molecule has 1 aliphatic carbocycles. The van der Waals surface area contributed by atoms with Crippen molar-refractivity contribution >= 4 is 22.9 Å². The highest BCUT2D eigenvalue weighted by molar-refractivity contribution is 5.92. The van der Waals surface area contributed by atoms with E-state index < -0.39 is 6.43 Å². The van der Waals surface area contributed by atoms with Gasteiger partial charge >= 0.3 is 0 Å². The molecule has 0 saturated heterocycles. The average molecular weight is 335 g/mol. The Kier molecular flexibility index (Phi) is 4.32. The summed E-state index contributed by atoms with van der Waals surface area (Å²) in [4.78, 5) is 16.7. The standard InChI is InChI=1S/C18H23F2N3O/c1-18(2,3)10-15(24)22-17-21-13-8-7-11(16(19)20)9-14(13)23(17)12-5-4-6-12/h7-9,12,16H,4-6,10H2,1-3H3,(H,21,22,24). The fourth-order valence-electron chi connectivity index (χ4n) is 3.00. The van der Waals surface area contributed by atoms with Crippen LogP contribution in [0, 0.1) is 5.41 Å². The van der Waals surface area contributed by atoms with E-state index >= 15 is 0 Å². The molecule has 0 aliphatic heterocycles. The fraction of sp³-hybridized carbons (Fsp3) is 0.556. The van der Waals surface area contributed by atoms with Gasteiger partial charge in [0.15, 0.2) is 0 Å². The van der Waals surface area contributed by atoms with Gasteiger partial charge in [-0.15, -0.1) is 0 Å². The number of benzene rings is 1. The number of hydrogen-bond donors (Lipinski definition) is 1. The molecule has 0 radical (unpaired) electrons. The molecule has 1 heterocycles. The predicted octanol–water partition coefficient (Wildman–Crippen LogP) is 5.07. The van der Waals surface area contributed by atoms with Crippen molar-refractivity contribution < 1.29 is 13.6 Å². The van der Waals surface area contributed by atoms with Gasteiger partial charge in [0.25, 0.3) is 6.43 Å². The molecule has 1 fully saturated rings. The summed E-state index contributed by atoms with van der Waals surface area (Å²) < 4.78 is 28.0. The number of carbonyl (C=O) groups excluding carboxylic acids is 1. The van der Waals surface area contributed by atoms with Crippen molar-refractivity contribution in [3.63, 3.8) is 0 Å². The second kappa shape index (κ2) is 6.15. The summed E-state index contributed by atoms with van der Waals surface area (Å²) in [5.74, 6) is 0.364. The summed E-state index contributed by atoms with van der Waals surface area (Å²) in [6.07, 6.45) is 0.925. The maximum absolute atomic E-state index is 13.0. The van der Waals surface area contributed by atoms with Gasteiger partial charge in [0.1, 0.15) is 0 Å². The Morgan fingerprint density at radius 2 is 2.08 bits per heavy atom. The summed E-state index contributed by atoms with van der Waals surface area (Å²) in [6, 6.07) is 4.70. The highest BCUT2D eigenvalue weighted by Crippen LogP contribution is 2.38. The molecule has 3 rings (SSSR count). The number of hydrogen-bond acceptors (Lipinski definition) is 2. The first-order valence-corrected chi connectivity index (χ1v) is 8.34. The Labute approximate surface area is 140 Å². The molecule has 0 spiro atoms. The molecule has 6 heteroatoms. The number of carbonyl (C=O) groups is 1. The van der Waals surface area contributed by atoms with Crippen molar-refractivity contribution in [3.8, 4) is 0 Å². The van der Waals surface area contributed by atoms with Crippen molar-refractivity contribution in [2.45, 2.75) is 58.9 Å². The molecule has 1 amide bonds. The highest BCUT2D eigenvalue weighted by Gasteiger charge is 2.27. The Morgan fingerprint density at radius 1 is 1.38 bits per heavy atom. The normalized spacial score (nSPS) is 15.8. The zero-order valence-corrected chi connectivity index (χ0v) is 14.3. The van der Waals surface area contributed by atoms with Crippen LogP contribution in [-0.2, 0) is 4.79 Å². The van der Waals surface area contributed by atoms with Crippen LogP contribution in [-0.4, -0.2) is 15.5 Å². The Balaban J connectivity index is 1.98. The van der Waals surface area contributed by atoms with Crippen molar-refractivity contribution in [2.75, 3.05) is 5.32 Å². The molecule has 0 bridgehead atoms. The van der Waals surface area contributed by atoms with E-state index in [1.807, 2.05) is 25.3 Å². The van der Waals surface area contributed by atoms with Crippen LogP contribution in [0.2, 0.25) is 0 Å². The monoisotopic (exact) mass is 335 g/mol. The summed E-state index contributed by atoms with van der Waals surface area (Å²) in [7, 11) is 0. The minimum absolute atomic E-state index is 0.0180. The minimum Gasteiger partial charge on any atom is -0.307 e. The summed E-state index contributed by atoms with van der Waals surface area (Å²) in [5, 5.41) is 2.88. The van der Waals surface area contributed by atoms with E-state index in [0.29, 0.717) is 23.4 Å². The van der Waals surface area contributed by atoms with Gasteiger partial charge in [-0.25, -0.2) is 13.8 Å². The lowest BCUT2D eigenvalue weighted by molar-refractivity contribution is -0.117. The lowest BCUT2D eigenvalue weighted by atomic mass is 9.92. The number of halogens is 2.